The second-order valence-corrected chi connectivity index (χ2v) is 5.60. The lowest BCUT2D eigenvalue weighted by Crippen LogP contribution is -2.53. The van der Waals surface area contributed by atoms with Gasteiger partial charge in [0.15, 0.2) is 0 Å². The van der Waals surface area contributed by atoms with Gasteiger partial charge in [-0.25, -0.2) is 0 Å². The summed E-state index contributed by atoms with van der Waals surface area (Å²) in [6, 6.07) is 0. The molecule has 82 valence electrons. The SMILES string of the molecule is CC(C)(N)C(C)(C)CN1CC=CCC1. The van der Waals surface area contributed by atoms with Crippen LogP contribution in [0.15, 0.2) is 12.2 Å². The Labute approximate surface area is 88.2 Å². The van der Waals surface area contributed by atoms with Gasteiger partial charge in [-0.1, -0.05) is 26.0 Å². The molecular formula is C12H24N2. The minimum atomic E-state index is -0.117. The predicted molar refractivity (Wildman–Crippen MR) is 62.2 cm³/mol. The maximum Gasteiger partial charge on any atom is 0.0163 e. The van der Waals surface area contributed by atoms with E-state index < -0.39 is 0 Å². The Kier molecular flexibility index (Phi) is 3.38. The van der Waals surface area contributed by atoms with Gasteiger partial charge in [-0.2, -0.15) is 0 Å². The molecule has 1 heterocycles. The maximum absolute atomic E-state index is 6.19. The highest BCUT2D eigenvalue weighted by molar-refractivity contribution is 4.96. The molecule has 1 aliphatic heterocycles. The molecule has 0 radical (unpaired) electrons. The molecule has 0 fully saturated rings. The lowest BCUT2D eigenvalue weighted by molar-refractivity contribution is 0.120. The summed E-state index contributed by atoms with van der Waals surface area (Å²) >= 11 is 0. The first-order valence-electron chi connectivity index (χ1n) is 5.49. The van der Waals surface area contributed by atoms with Crippen molar-refractivity contribution in [3.8, 4) is 0 Å². The van der Waals surface area contributed by atoms with Crippen LogP contribution >= 0.6 is 0 Å². The summed E-state index contributed by atoms with van der Waals surface area (Å²) in [7, 11) is 0. The lowest BCUT2D eigenvalue weighted by Gasteiger charge is -2.42. The summed E-state index contributed by atoms with van der Waals surface area (Å²) in [6.07, 6.45) is 5.70. The average molecular weight is 196 g/mol. The summed E-state index contributed by atoms with van der Waals surface area (Å²) in [4.78, 5) is 2.48. The van der Waals surface area contributed by atoms with Crippen LogP contribution in [0.5, 0.6) is 0 Å². The Hall–Kier alpha value is -0.340. The Morgan fingerprint density at radius 3 is 2.29 bits per heavy atom. The molecule has 14 heavy (non-hydrogen) atoms. The van der Waals surface area contributed by atoms with Crippen LogP contribution in [0, 0.1) is 5.41 Å². The van der Waals surface area contributed by atoms with E-state index in [2.05, 4.69) is 44.7 Å². The zero-order chi connectivity index (χ0) is 10.8. The summed E-state index contributed by atoms with van der Waals surface area (Å²) in [5.74, 6) is 0. The molecule has 0 atom stereocenters. The molecule has 0 aromatic rings. The molecule has 1 rings (SSSR count). The van der Waals surface area contributed by atoms with Crippen molar-refractivity contribution in [3.05, 3.63) is 12.2 Å². The normalized spacial score (nSPS) is 20.1. The zero-order valence-corrected chi connectivity index (χ0v) is 10.0. The van der Waals surface area contributed by atoms with Crippen molar-refractivity contribution in [1.29, 1.82) is 0 Å². The van der Waals surface area contributed by atoms with Crippen molar-refractivity contribution >= 4 is 0 Å². The number of nitrogens with two attached hydrogens (primary N) is 1. The van der Waals surface area contributed by atoms with Crippen molar-refractivity contribution in [2.24, 2.45) is 11.1 Å². The first-order valence-corrected chi connectivity index (χ1v) is 5.49. The summed E-state index contributed by atoms with van der Waals surface area (Å²) < 4.78 is 0. The number of nitrogens with zero attached hydrogens (tertiary/aromatic N) is 1. The van der Waals surface area contributed by atoms with Crippen molar-refractivity contribution in [2.45, 2.75) is 39.7 Å². The predicted octanol–water partition coefficient (Wildman–Crippen LogP) is 2.01. The van der Waals surface area contributed by atoms with E-state index in [9.17, 15) is 0 Å². The topological polar surface area (TPSA) is 29.3 Å². The third-order valence-electron chi connectivity index (χ3n) is 3.51. The molecule has 2 N–H and O–H groups in total. The second kappa shape index (κ2) is 4.03. The second-order valence-electron chi connectivity index (χ2n) is 5.60. The molecule has 2 heteroatoms. The Bertz CT molecular complexity index is 211. The number of rotatable bonds is 3. The number of hydrogen-bond donors (Lipinski definition) is 1. The molecule has 0 unspecified atom stereocenters. The van der Waals surface area contributed by atoms with Gasteiger partial charge in [0.25, 0.3) is 0 Å². The van der Waals surface area contributed by atoms with Crippen molar-refractivity contribution in [1.82, 2.24) is 4.90 Å². The maximum atomic E-state index is 6.19. The van der Waals surface area contributed by atoms with Crippen LogP contribution in [0.4, 0.5) is 0 Å². The van der Waals surface area contributed by atoms with Gasteiger partial charge in [-0.15, -0.1) is 0 Å². The van der Waals surface area contributed by atoms with E-state index in [0.29, 0.717) is 0 Å². The van der Waals surface area contributed by atoms with Gasteiger partial charge in [0, 0.05) is 25.2 Å². The van der Waals surface area contributed by atoms with Gasteiger partial charge in [0.1, 0.15) is 0 Å². The Morgan fingerprint density at radius 2 is 1.86 bits per heavy atom. The number of hydrogen-bond acceptors (Lipinski definition) is 2. The molecule has 0 bridgehead atoms. The van der Waals surface area contributed by atoms with Crippen LogP contribution < -0.4 is 5.73 Å². The van der Waals surface area contributed by atoms with Crippen LogP contribution in [0.3, 0.4) is 0 Å². The molecule has 1 aliphatic rings. The van der Waals surface area contributed by atoms with E-state index in [1.165, 1.54) is 13.0 Å². The van der Waals surface area contributed by atoms with Crippen LogP contribution in [-0.2, 0) is 0 Å². The third kappa shape index (κ3) is 2.82. The highest BCUT2D eigenvalue weighted by Gasteiger charge is 2.34. The van der Waals surface area contributed by atoms with Crippen molar-refractivity contribution in [3.63, 3.8) is 0 Å². The Balaban J connectivity index is 2.54. The molecule has 2 nitrogen and oxygen atoms in total. The minimum absolute atomic E-state index is 0.117. The first kappa shape index (κ1) is 11.7. The fourth-order valence-corrected chi connectivity index (χ4v) is 1.60. The van der Waals surface area contributed by atoms with E-state index in [1.54, 1.807) is 0 Å². The van der Waals surface area contributed by atoms with Gasteiger partial charge < -0.3 is 5.73 Å². The van der Waals surface area contributed by atoms with Crippen LogP contribution in [0.1, 0.15) is 34.1 Å². The zero-order valence-electron chi connectivity index (χ0n) is 10.0. The van der Waals surface area contributed by atoms with E-state index in [-0.39, 0.29) is 11.0 Å². The highest BCUT2D eigenvalue weighted by atomic mass is 15.1. The Morgan fingerprint density at radius 1 is 1.21 bits per heavy atom. The van der Waals surface area contributed by atoms with E-state index in [1.807, 2.05) is 0 Å². The average Bonchev–Trinajstić information content (AvgIpc) is 2.03. The van der Waals surface area contributed by atoms with Gasteiger partial charge >= 0.3 is 0 Å². The standard InChI is InChI=1S/C12H24N2/c1-11(2,12(3,4)13)10-14-8-6-5-7-9-14/h5-6H,7-10,13H2,1-4H3. The quantitative estimate of drug-likeness (QED) is 0.700. The summed E-state index contributed by atoms with van der Waals surface area (Å²) in [6.45, 7) is 12.1. The fraction of sp³-hybridized carbons (Fsp3) is 0.833. The summed E-state index contributed by atoms with van der Waals surface area (Å²) in [5, 5.41) is 0. The van der Waals surface area contributed by atoms with Gasteiger partial charge in [0.2, 0.25) is 0 Å². The minimum Gasteiger partial charge on any atom is -0.325 e. The molecule has 0 spiro atoms. The molecular weight excluding hydrogens is 172 g/mol. The van der Waals surface area contributed by atoms with Gasteiger partial charge in [0.05, 0.1) is 0 Å². The molecule has 0 amide bonds. The molecule has 0 saturated heterocycles. The monoisotopic (exact) mass is 196 g/mol. The van der Waals surface area contributed by atoms with Crippen LogP contribution in [0.2, 0.25) is 0 Å². The largest absolute Gasteiger partial charge is 0.325 e. The van der Waals surface area contributed by atoms with Crippen LogP contribution in [0.25, 0.3) is 0 Å². The van der Waals surface area contributed by atoms with Gasteiger partial charge in [-0.05, 0) is 25.7 Å². The molecule has 0 aromatic carbocycles. The smallest absolute Gasteiger partial charge is 0.0163 e. The van der Waals surface area contributed by atoms with Crippen molar-refractivity contribution in [2.75, 3.05) is 19.6 Å². The third-order valence-corrected chi connectivity index (χ3v) is 3.51. The lowest BCUT2D eigenvalue weighted by atomic mass is 9.75. The molecule has 0 aliphatic carbocycles. The van der Waals surface area contributed by atoms with Crippen molar-refractivity contribution < 1.29 is 0 Å². The van der Waals surface area contributed by atoms with E-state index in [4.69, 9.17) is 5.73 Å². The first-order chi connectivity index (χ1) is 6.33. The van der Waals surface area contributed by atoms with E-state index >= 15 is 0 Å². The van der Waals surface area contributed by atoms with Gasteiger partial charge in [-0.3, -0.25) is 4.90 Å². The highest BCUT2D eigenvalue weighted by Crippen LogP contribution is 2.29. The fourth-order valence-electron chi connectivity index (χ4n) is 1.60. The van der Waals surface area contributed by atoms with E-state index in [0.717, 1.165) is 13.1 Å². The molecule has 0 saturated carbocycles. The molecule has 0 aromatic heterocycles. The van der Waals surface area contributed by atoms with Crippen LogP contribution in [-0.4, -0.2) is 30.1 Å². The summed E-state index contributed by atoms with van der Waals surface area (Å²) in [5.41, 5.74) is 6.23.